The van der Waals surface area contributed by atoms with E-state index >= 15 is 0 Å². The number of phenols is 1. The minimum atomic E-state index is 0.254. The van der Waals surface area contributed by atoms with Crippen LogP contribution in [0.3, 0.4) is 0 Å². The van der Waals surface area contributed by atoms with E-state index in [2.05, 4.69) is 60.8 Å². The number of rotatable bonds is 7. The van der Waals surface area contributed by atoms with Crippen LogP contribution in [0.5, 0.6) is 11.5 Å². The van der Waals surface area contributed by atoms with Crippen molar-refractivity contribution < 1.29 is 9.84 Å². The standard InChI is InChI=1S/C22H28O2S2/c1-3-22(25-12-7-13-26-22)16-18(14-17-8-5-4-6-9-17)20-11-10-19(24-2)15-21(20)23/h4-6,8-11,15,18,23H,3,7,12-14,16H2,1-2H3. The molecule has 1 aliphatic heterocycles. The van der Waals surface area contributed by atoms with Gasteiger partial charge in [-0.2, -0.15) is 0 Å². The molecule has 1 atom stereocenters. The number of ether oxygens (including phenoxy) is 1. The van der Waals surface area contributed by atoms with Gasteiger partial charge in [-0.1, -0.05) is 43.3 Å². The predicted molar refractivity (Wildman–Crippen MR) is 115 cm³/mol. The SMILES string of the molecule is CCC1(CC(Cc2ccccc2)c2ccc(OC)cc2O)SCCCS1. The van der Waals surface area contributed by atoms with Gasteiger partial charge < -0.3 is 9.84 Å². The summed E-state index contributed by atoms with van der Waals surface area (Å²) in [6.45, 7) is 2.30. The molecule has 2 nitrogen and oxygen atoms in total. The molecular weight excluding hydrogens is 360 g/mol. The van der Waals surface area contributed by atoms with Crippen LogP contribution in [0.25, 0.3) is 0 Å². The molecule has 0 saturated carbocycles. The predicted octanol–water partition coefficient (Wildman–Crippen LogP) is 6.09. The Morgan fingerprint density at radius 3 is 2.46 bits per heavy atom. The molecule has 0 radical (unpaired) electrons. The number of phenolic OH excluding ortho intramolecular Hbond substituents is 1. The molecule has 0 bridgehead atoms. The Bertz CT molecular complexity index is 697. The minimum Gasteiger partial charge on any atom is -0.508 e. The van der Waals surface area contributed by atoms with E-state index in [0.717, 1.165) is 24.8 Å². The van der Waals surface area contributed by atoms with Gasteiger partial charge in [-0.3, -0.25) is 0 Å². The highest BCUT2D eigenvalue weighted by Gasteiger charge is 2.35. The maximum atomic E-state index is 10.7. The van der Waals surface area contributed by atoms with Crippen LogP contribution in [0, 0.1) is 0 Å². The highest BCUT2D eigenvalue weighted by molar-refractivity contribution is 8.18. The second kappa shape index (κ2) is 9.09. The van der Waals surface area contributed by atoms with Crippen LogP contribution in [0.1, 0.15) is 43.2 Å². The average molecular weight is 389 g/mol. The van der Waals surface area contributed by atoms with Gasteiger partial charge in [0.25, 0.3) is 0 Å². The smallest absolute Gasteiger partial charge is 0.122 e. The lowest BCUT2D eigenvalue weighted by molar-refractivity contribution is 0.404. The molecule has 26 heavy (non-hydrogen) atoms. The lowest BCUT2D eigenvalue weighted by Crippen LogP contribution is -2.27. The van der Waals surface area contributed by atoms with Crippen LogP contribution in [0.15, 0.2) is 48.5 Å². The quantitative estimate of drug-likeness (QED) is 0.621. The van der Waals surface area contributed by atoms with Crippen LogP contribution >= 0.6 is 23.5 Å². The molecule has 3 rings (SSSR count). The van der Waals surface area contributed by atoms with Crippen molar-refractivity contribution in [3.63, 3.8) is 0 Å². The van der Waals surface area contributed by atoms with Crippen molar-refractivity contribution in [1.82, 2.24) is 0 Å². The van der Waals surface area contributed by atoms with Crippen molar-refractivity contribution in [2.75, 3.05) is 18.6 Å². The molecule has 4 heteroatoms. The second-order valence-corrected chi connectivity index (χ2v) is 10.0. The molecule has 1 aliphatic rings. The first-order chi connectivity index (χ1) is 12.7. The molecule has 2 aromatic rings. The summed E-state index contributed by atoms with van der Waals surface area (Å²) in [5, 5.41) is 10.7. The highest BCUT2D eigenvalue weighted by atomic mass is 32.2. The Labute approximate surface area is 165 Å². The van der Waals surface area contributed by atoms with Crippen LogP contribution in [-0.4, -0.2) is 27.8 Å². The van der Waals surface area contributed by atoms with Gasteiger partial charge >= 0.3 is 0 Å². The van der Waals surface area contributed by atoms with Crippen molar-refractivity contribution in [2.45, 2.75) is 42.6 Å². The maximum Gasteiger partial charge on any atom is 0.122 e. The summed E-state index contributed by atoms with van der Waals surface area (Å²) in [4.78, 5) is 0. The molecule has 1 heterocycles. The molecule has 0 aliphatic carbocycles. The van der Waals surface area contributed by atoms with Gasteiger partial charge in [-0.25, -0.2) is 0 Å². The van der Waals surface area contributed by atoms with E-state index in [1.54, 1.807) is 13.2 Å². The van der Waals surface area contributed by atoms with Crippen molar-refractivity contribution in [3.8, 4) is 11.5 Å². The summed E-state index contributed by atoms with van der Waals surface area (Å²) >= 11 is 4.23. The molecule has 140 valence electrons. The van der Waals surface area contributed by atoms with Gasteiger partial charge in [0.1, 0.15) is 11.5 Å². The van der Waals surface area contributed by atoms with Gasteiger partial charge in [-0.05, 0) is 60.3 Å². The molecule has 1 fully saturated rings. The van der Waals surface area contributed by atoms with Crippen LogP contribution in [0.4, 0.5) is 0 Å². The molecular formula is C22H28O2S2. The first-order valence-electron chi connectivity index (χ1n) is 9.34. The summed E-state index contributed by atoms with van der Waals surface area (Å²) in [5.74, 6) is 3.83. The fourth-order valence-electron chi connectivity index (χ4n) is 3.65. The van der Waals surface area contributed by atoms with E-state index < -0.39 is 0 Å². The molecule has 1 N–H and O–H groups in total. The normalized spacial score (nSPS) is 17.6. The third-order valence-electron chi connectivity index (χ3n) is 5.12. The summed E-state index contributed by atoms with van der Waals surface area (Å²) in [7, 11) is 1.64. The topological polar surface area (TPSA) is 29.5 Å². The minimum absolute atomic E-state index is 0.254. The molecule has 0 amide bonds. The van der Waals surface area contributed by atoms with Crippen LogP contribution < -0.4 is 4.74 Å². The first-order valence-corrected chi connectivity index (χ1v) is 11.3. The van der Waals surface area contributed by atoms with E-state index in [1.807, 2.05) is 12.1 Å². The average Bonchev–Trinajstić information content (AvgIpc) is 2.69. The van der Waals surface area contributed by atoms with E-state index in [-0.39, 0.29) is 4.08 Å². The number of benzene rings is 2. The Balaban J connectivity index is 1.91. The van der Waals surface area contributed by atoms with E-state index in [9.17, 15) is 5.11 Å². The number of methoxy groups -OCH3 is 1. The molecule has 2 aromatic carbocycles. The van der Waals surface area contributed by atoms with Gasteiger partial charge in [0.05, 0.1) is 11.2 Å². The molecule has 1 unspecified atom stereocenters. The zero-order valence-corrected chi connectivity index (χ0v) is 17.2. The van der Waals surface area contributed by atoms with Crippen LogP contribution in [-0.2, 0) is 6.42 Å². The Morgan fingerprint density at radius 2 is 1.85 bits per heavy atom. The Kier molecular flexibility index (Phi) is 6.82. The summed E-state index contributed by atoms with van der Waals surface area (Å²) < 4.78 is 5.52. The van der Waals surface area contributed by atoms with Gasteiger partial charge in [-0.15, -0.1) is 23.5 Å². The van der Waals surface area contributed by atoms with Crippen molar-refractivity contribution >= 4 is 23.5 Å². The summed E-state index contributed by atoms with van der Waals surface area (Å²) in [6, 6.07) is 16.4. The third kappa shape index (κ3) is 4.72. The largest absolute Gasteiger partial charge is 0.508 e. The lowest BCUT2D eigenvalue weighted by atomic mass is 9.86. The number of thioether (sulfide) groups is 2. The van der Waals surface area contributed by atoms with E-state index in [0.29, 0.717) is 17.4 Å². The first kappa shape index (κ1) is 19.5. The number of hydrogen-bond donors (Lipinski definition) is 1. The van der Waals surface area contributed by atoms with E-state index in [4.69, 9.17) is 4.74 Å². The fraction of sp³-hybridized carbons (Fsp3) is 0.455. The second-order valence-electron chi connectivity index (χ2n) is 6.83. The molecule has 0 aromatic heterocycles. The Morgan fingerprint density at radius 1 is 1.12 bits per heavy atom. The maximum absolute atomic E-state index is 10.7. The van der Waals surface area contributed by atoms with E-state index in [1.165, 1.54) is 23.5 Å². The van der Waals surface area contributed by atoms with Gasteiger partial charge in [0.2, 0.25) is 0 Å². The van der Waals surface area contributed by atoms with Crippen molar-refractivity contribution in [2.24, 2.45) is 0 Å². The van der Waals surface area contributed by atoms with Crippen molar-refractivity contribution in [1.29, 1.82) is 0 Å². The summed E-state index contributed by atoms with van der Waals surface area (Å²) in [6.07, 6.45) is 4.48. The lowest BCUT2D eigenvalue weighted by Gasteiger charge is -2.38. The van der Waals surface area contributed by atoms with Crippen molar-refractivity contribution in [3.05, 3.63) is 59.7 Å². The zero-order valence-electron chi connectivity index (χ0n) is 15.6. The highest BCUT2D eigenvalue weighted by Crippen LogP contribution is 2.51. The zero-order chi connectivity index (χ0) is 18.4. The monoisotopic (exact) mass is 388 g/mol. The number of aromatic hydroxyl groups is 1. The molecule has 0 spiro atoms. The third-order valence-corrected chi connectivity index (χ3v) is 8.77. The van der Waals surface area contributed by atoms with Gasteiger partial charge in [0.15, 0.2) is 0 Å². The summed E-state index contributed by atoms with van der Waals surface area (Å²) in [5.41, 5.74) is 2.36. The number of hydrogen-bond acceptors (Lipinski definition) is 4. The molecule has 1 saturated heterocycles. The van der Waals surface area contributed by atoms with Gasteiger partial charge in [0, 0.05) is 6.07 Å². The Hall–Kier alpha value is -1.26. The van der Waals surface area contributed by atoms with Crippen LogP contribution in [0.2, 0.25) is 0 Å². The fourth-order valence-corrected chi connectivity index (χ4v) is 7.03.